The molecule has 3 aromatic heterocycles. The minimum absolute atomic E-state index is 0.715. The molecule has 0 aliphatic carbocycles. The second-order valence-electron chi connectivity index (χ2n) is 8.46. The van der Waals surface area contributed by atoms with Crippen LogP contribution in [0.5, 0.6) is 0 Å². The molecule has 5 rings (SSSR count). The Labute approximate surface area is 227 Å². The molecule has 0 bridgehead atoms. The number of nitrogens with zero attached hydrogens (tertiary/aromatic N) is 3. The second kappa shape index (κ2) is 10.2. The monoisotopic (exact) mass is 579 g/mol. The third kappa shape index (κ3) is 4.61. The highest BCUT2D eigenvalue weighted by Gasteiger charge is 2.19. The van der Waals surface area contributed by atoms with E-state index in [0.29, 0.717) is 5.65 Å². The molecule has 36 heavy (non-hydrogen) atoms. The maximum absolute atomic E-state index is 5.75. The van der Waals surface area contributed by atoms with Crippen LogP contribution < -0.4 is 15.2 Å². The maximum Gasteiger partial charge on any atom is 0.159 e. The van der Waals surface area contributed by atoms with Gasteiger partial charge in [-0.2, -0.15) is 0 Å². The van der Waals surface area contributed by atoms with E-state index in [-0.39, 0.29) is 0 Å². The number of pyridine rings is 1. The van der Waals surface area contributed by atoms with Crippen LogP contribution in [0.1, 0.15) is 17.0 Å². The summed E-state index contributed by atoms with van der Waals surface area (Å²) >= 11 is 6.44. The lowest BCUT2D eigenvalue weighted by Crippen LogP contribution is -2.02. The normalized spacial score (nSPS) is 11.3. The molecular formula is C26H26BrN7S2. The highest BCUT2D eigenvalue weighted by atomic mass is 79.9. The highest BCUT2D eigenvalue weighted by Crippen LogP contribution is 2.36. The number of benzene rings is 2. The minimum Gasteiger partial charge on any atom is -0.353 e. The Bertz CT molecular complexity index is 1570. The Morgan fingerprint density at radius 3 is 2.67 bits per heavy atom. The van der Waals surface area contributed by atoms with Gasteiger partial charge in [0.15, 0.2) is 5.65 Å². The molecule has 0 radical (unpaired) electrons. The number of hydrogen-bond acceptors (Lipinski definition) is 7. The fourth-order valence-corrected chi connectivity index (χ4v) is 5.48. The average molecular weight is 581 g/mol. The first-order valence-corrected chi connectivity index (χ1v) is 14.2. The molecule has 0 atom stereocenters. The summed E-state index contributed by atoms with van der Waals surface area (Å²) < 4.78 is 6.45. The lowest BCUT2D eigenvalue weighted by Gasteiger charge is -2.15. The van der Waals surface area contributed by atoms with Crippen molar-refractivity contribution < 1.29 is 0 Å². The third-order valence-corrected chi connectivity index (χ3v) is 7.63. The number of anilines is 3. The molecule has 0 spiro atoms. The van der Waals surface area contributed by atoms with Crippen LogP contribution in [0.2, 0.25) is 0 Å². The maximum atomic E-state index is 5.75. The Kier molecular flexibility index (Phi) is 7.03. The zero-order valence-electron chi connectivity index (χ0n) is 20.3. The molecule has 0 fully saturated rings. The fourth-order valence-electron chi connectivity index (χ4n) is 4.37. The molecular weight excluding hydrogens is 554 g/mol. The Balaban J connectivity index is 1.59. The molecule has 3 heterocycles. The van der Waals surface area contributed by atoms with Crippen molar-refractivity contribution in [3.63, 3.8) is 0 Å². The Morgan fingerprint density at radius 1 is 1.06 bits per heavy atom. The largest absolute Gasteiger partial charge is 0.353 e. The van der Waals surface area contributed by atoms with Crippen molar-refractivity contribution >= 4 is 68.1 Å². The number of nitrogens with one attached hydrogen (secondary N) is 3. The van der Waals surface area contributed by atoms with Gasteiger partial charge in [0.25, 0.3) is 0 Å². The van der Waals surface area contributed by atoms with Crippen molar-refractivity contribution in [3.8, 4) is 17.1 Å². The van der Waals surface area contributed by atoms with Crippen LogP contribution in [-0.2, 0) is 0 Å². The molecule has 0 aliphatic rings. The molecule has 0 aliphatic heterocycles. The molecule has 5 N–H and O–H groups in total. The van der Waals surface area contributed by atoms with Gasteiger partial charge < -0.3 is 19.6 Å². The van der Waals surface area contributed by atoms with Crippen molar-refractivity contribution in [1.82, 2.24) is 19.5 Å². The summed E-state index contributed by atoms with van der Waals surface area (Å²) in [4.78, 5) is 14.0. The molecule has 0 amide bonds. The van der Waals surface area contributed by atoms with E-state index < -0.39 is 0 Å². The van der Waals surface area contributed by atoms with Crippen LogP contribution in [0.15, 0.2) is 64.1 Å². The molecule has 7 nitrogen and oxygen atoms in total. The van der Waals surface area contributed by atoms with Gasteiger partial charge in [0.2, 0.25) is 0 Å². The van der Waals surface area contributed by atoms with Crippen LogP contribution >= 0.6 is 39.8 Å². The third-order valence-electron chi connectivity index (χ3n) is 6.06. The van der Waals surface area contributed by atoms with Crippen molar-refractivity contribution in [2.75, 3.05) is 16.3 Å². The van der Waals surface area contributed by atoms with Gasteiger partial charge in [0.05, 0.1) is 15.8 Å². The molecule has 0 unspecified atom stereocenters. The summed E-state index contributed by atoms with van der Waals surface area (Å²) in [6, 6.07) is 16.6. The number of rotatable bonds is 7. The first kappa shape index (κ1) is 24.8. The number of aromatic nitrogens is 4. The standard InChI is InChI=1S/C26H26BrN7S2/c1-14-8-9-18(33-35-4)12-22(14)34-15(2)10-20(16(34)3)25-31-24-23(21(27)13-29-26(24)32-25)30-17-6-5-7-19(11-17)36-28/h5-13,33H,28H2,1-4H3,(H2,29,30,31,32). The van der Waals surface area contributed by atoms with Crippen LogP contribution in [0.3, 0.4) is 0 Å². The SMILES string of the molecule is CSNc1ccc(C)c(-n2c(C)cc(-c3nc4c(Nc5cccc(SN)c5)c(Br)cnc4[nH]3)c2C)c1. The van der Waals surface area contributed by atoms with Gasteiger partial charge in [-0.25, -0.2) is 9.97 Å². The van der Waals surface area contributed by atoms with Crippen molar-refractivity contribution in [2.45, 2.75) is 25.7 Å². The summed E-state index contributed by atoms with van der Waals surface area (Å²) in [5.41, 5.74) is 9.96. The van der Waals surface area contributed by atoms with Gasteiger partial charge >= 0.3 is 0 Å². The lowest BCUT2D eigenvalue weighted by atomic mass is 10.1. The lowest BCUT2D eigenvalue weighted by molar-refractivity contribution is 0.955. The number of halogens is 1. The van der Waals surface area contributed by atoms with E-state index in [1.807, 2.05) is 30.5 Å². The predicted octanol–water partition coefficient (Wildman–Crippen LogP) is 7.50. The number of H-pyrrole nitrogens is 1. The van der Waals surface area contributed by atoms with Gasteiger partial charge in [-0.05, 0) is 90.6 Å². The number of aromatic amines is 1. The van der Waals surface area contributed by atoms with E-state index in [1.165, 1.54) is 17.5 Å². The van der Waals surface area contributed by atoms with E-state index >= 15 is 0 Å². The number of fused-ring (bicyclic) bond motifs is 1. The summed E-state index contributed by atoms with van der Waals surface area (Å²) in [6.45, 7) is 6.38. The van der Waals surface area contributed by atoms with Gasteiger partial charge in [-0.1, -0.05) is 24.1 Å². The molecule has 0 saturated carbocycles. The van der Waals surface area contributed by atoms with Gasteiger partial charge in [0, 0.05) is 45.7 Å². The summed E-state index contributed by atoms with van der Waals surface area (Å²) in [5, 5.41) is 9.23. The van der Waals surface area contributed by atoms with E-state index in [1.54, 1.807) is 18.1 Å². The van der Waals surface area contributed by atoms with E-state index in [2.05, 4.69) is 85.5 Å². The van der Waals surface area contributed by atoms with Crippen molar-refractivity contribution in [3.05, 3.63) is 76.2 Å². The van der Waals surface area contributed by atoms with Crippen molar-refractivity contribution in [2.24, 2.45) is 5.14 Å². The first-order valence-electron chi connectivity index (χ1n) is 11.3. The van der Waals surface area contributed by atoms with Crippen LogP contribution in [0, 0.1) is 20.8 Å². The molecule has 5 aromatic rings. The van der Waals surface area contributed by atoms with Gasteiger partial charge in [-0.15, -0.1) is 0 Å². The average Bonchev–Trinajstić information content (AvgIpc) is 3.43. The molecule has 10 heteroatoms. The number of imidazole rings is 1. The van der Waals surface area contributed by atoms with E-state index in [4.69, 9.17) is 10.1 Å². The summed E-state index contributed by atoms with van der Waals surface area (Å²) in [6.07, 6.45) is 3.81. The quantitative estimate of drug-likeness (QED) is 0.148. The van der Waals surface area contributed by atoms with Gasteiger partial charge in [-0.3, -0.25) is 5.14 Å². The predicted molar refractivity (Wildman–Crippen MR) is 157 cm³/mol. The first-order chi connectivity index (χ1) is 17.4. The minimum atomic E-state index is 0.715. The summed E-state index contributed by atoms with van der Waals surface area (Å²) in [7, 11) is 0. The Hall–Kier alpha value is -2.92. The van der Waals surface area contributed by atoms with Gasteiger partial charge in [0.1, 0.15) is 11.3 Å². The molecule has 0 saturated heterocycles. The van der Waals surface area contributed by atoms with E-state index in [0.717, 1.165) is 60.4 Å². The second-order valence-corrected chi connectivity index (χ2v) is 10.6. The smallest absolute Gasteiger partial charge is 0.159 e. The number of nitrogens with two attached hydrogens (primary N) is 1. The van der Waals surface area contributed by atoms with Crippen LogP contribution in [0.25, 0.3) is 28.2 Å². The zero-order valence-corrected chi connectivity index (χ0v) is 23.5. The zero-order chi connectivity index (χ0) is 25.4. The Morgan fingerprint density at radius 2 is 1.89 bits per heavy atom. The topological polar surface area (TPSA) is 96.6 Å². The fraction of sp³-hybridized carbons (Fsp3) is 0.154. The van der Waals surface area contributed by atoms with Crippen LogP contribution in [-0.4, -0.2) is 25.8 Å². The van der Waals surface area contributed by atoms with E-state index in [9.17, 15) is 0 Å². The number of hydrogen-bond donors (Lipinski definition) is 4. The highest BCUT2D eigenvalue weighted by molar-refractivity contribution is 9.10. The van der Waals surface area contributed by atoms with Crippen molar-refractivity contribution in [1.29, 1.82) is 0 Å². The molecule has 2 aromatic carbocycles. The summed E-state index contributed by atoms with van der Waals surface area (Å²) in [5.74, 6) is 0.778. The van der Waals surface area contributed by atoms with Crippen LogP contribution in [0.4, 0.5) is 17.1 Å². The molecule has 184 valence electrons. The number of aryl methyl sites for hydroxylation is 2.